The molecule has 4 rings (SSSR count). The first-order valence-electron chi connectivity index (χ1n) is 9.72. The minimum atomic E-state index is -0.659. The number of carbonyl (C=O) groups is 1. The summed E-state index contributed by atoms with van der Waals surface area (Å²) in [6.45, 7) is 9.70. The van der Waals surface area contributed by atoms with Gasteiger partial charge in [-0.15, -0.1) is 0 Å². The highest BCUT2D eigenvalue weighted by molar-refractivity contribution is 6.00. The van der Waals surface area contributed by atoms with Gasteiger partial charge in [-0.2, -0.15) is 0 Å². The second-order valence-corrected chi connectivity index (χ2v) is 9.17. The first-order valence-corrected chi connectivity index (χ1v) is 9.72. The van der Waals surface area contributed by atoms with Crippen LogP contribution in [0.1, 0.15) is 45.7 Å². The number of rotatable bonds is 2. The zero-order chi connectivity index (χ0) is 21.1. The van der Waals surface area contributed by atoms with Crippen molar-refractivity contribution in [1.82, 2.24) is 0 Å². The molecule has 1 aliphatic carbocycles. The van der Waals surface area contributed by atoms with Gasteiger partial charge in [-0.1, -0.05) is 19.9 Å². The van der Waals surface area contributed by atoms with Crippen molar-refractivity contribution in [1.29, 1.82) is 0 Å². The van der Waals surface area contributed by atoms with Crippen LogP contribution in [0.15, 0.2) is 42.5 Å². The van der Waals surface area contributed by atoms with Gasteiger partial charge < -0.3 is 9.47 Å². The van der Waals surface area contributed by atoms with Gasteiger partial charge in [-0.25, -0.2) is 4.39 Å². The molecule has 0 unspecified atom stereocenters. The van der Waals surface area contributed by atoms with Crippen LogP contribution in [0, 0.1) is 11.2 Å². The Morgan fingerprint density at radius 1 is 1.00 bits per heavy atom. The number of halogens is 1. The number of methoxy groups -OCH3 is 1. The SMILES string of the molecule is COc1ccc2c(c1)C(C)(C)c1c-2cc2cc(F)ccc2c1OC(=O)C(C)(C)C. The summed E-state index contributed by atoms with van der Waals surface area (Å²) in [4.78, 5) is 12.8. The van der Waals surface area contributed by atoms with Crippen molar-refractivity contribution in [2.75, 3.05) is 7.11 Å². The van der Waals surface area contributed by atoms with Gasteiger partial charge in [0.05, 0.1) is 12.5 Å². The van der Waals surface area contributed by atoms with E-state index in [1.54, 1.807) is 13.2 Å². The smallest absolute Gasteiger partial charge is 0.316 e. The summed E-state index contributed by atoms with van der Waals surface area (Å²) in [7, 11) is 1.64. The maximum Gasteiger partial charge on any atom is 0.316 e. The second-order valence-electron chi connectivity index (χ2n) is 9.17. The van der Waals surface area contributed by atoms with Crippen LogP contribution in [-0.2, 0) is 10.2 Å². The number of carbonyl (C=O) groups excluding carboxylic acids is 1. The quantitative estimate of drug-likeness (QED) is 0.382. The highest BCUT2D eigenvalue weighted by Crippen LogP contribution is 2.55. The predicted molar refractivity (Wildman–Crippen MR) is 113 cm³/mol. The molecule has 1 aliphatic rings. The molecule has 0 radical (unpaired) electrons. The first-order chi connectivity index (χ1) is 13.5. The van der Waals surface area contributed by atoms with E-state index < -0.39 is 10.8 Å². The van der Waals surface area contributed by atoms with E-state index in [0.29, 0.717) is 11.1 Å². The molecule has 0 amide bonds. The van der Waals surface area contributed by atoms with Crippen LogP contribution in [0.4, 0.5) is 4.39 Å². The molecule has 150 valence electrons. The van der Waals surface area contributed by atoms with Crippen LogP contribution in [0.2, 0.25) is 0 Å². The van der Waals surface area contributed by atoms with Crippen molar-refractivity contribution in [3.8, 4) is 22.6 Å². The summed E-state index contributed by atoms with van der Waals surface area (Å²) in [5.41, 5.74) is 2.98. The van der Waals surface area contributed by atoms with E-state index >= 15 is 0 Å². The topological polar surface area (TPSA) is 35.5 Å². The largest absolute Gasteiger partial charge is 0.497 e. The number of benzene rings is 3. The number of hydrogen-bond donors (Lipinski definition) is 0. The summed E-state index contributed by atoms with van der Waals surface area (Å²) in [5, 5.41) is 1.44. The Morgan fingerprint density at radius 2 is 1.72 bits per heavy atom. The Balaban J connectivity index is 2.06. The second kappa shape index (κ2) is 6.31. The van der Waals surface area contributed by atoms with Gasteiger partial charge in [-0.05, 0) is 79.2 Å². The van der Waals surface area contributed by atoms with E-state index in [2.05, 4.69) is 13.8 Å². The van der Waals surface area contributed by atoms with Crippen LogP contribution in [-0.4, -0.2) is 13.1 Å². The fraction of sp³-hybridized carbons (Fsp3) is 0.320. The van der Waals surface area contributed by atoms with Crippen molar-refractivity contribution in [3.63, 3.8) is 0 Å². The number of hydrogen-bond acceptors (Lipinski definition) is 3. The summed E-state index contributed by atoms with van der Waals surface area (Å²) >= 11 is 0. The van der Waals surface area contributed by atoms with Crippen molar-refractivity contribution in [2.24, 2.45) is 5.41 Å². The minimum absolute atomic E-state index is 0.319. The highest BCUT2D eigenvalue weighted by atomic mass is 19.1. The van der Waals surface area contributed by atoms with E-state index in [1.807, 2.05) is 45.0 Å². The summed E-state index contributed by atoms with van der Waals surface area (Å²) < 4.78 is 25.4. The molecule has 0 saturated heterocycles. The Kier molecular flexibility index (Phi) is 4.23. The van der Waals surface area contributed by atoms with Gasteiger partial charge in [0.15, 0.2) is 0 Å². The van der Waals surface area contributed by atoms with Gasteiger partial charge >= 0.3 is 5.97 Å². The van der Waals surface area contributed by atoms with Gasteiger partial charge in [0.25, 0.3) is 0 Å². The molecule has 0 heterocycles. The zero-order valence-corrected chi connectivity index (χ0v) is 17.6. The molecule has 0 bridgehead atoms. The lowest BCUT2D eigenvalue weighted by atomic mass is 9.81. The lowest BCUT2D eigenvalue weighted by Gasteiger charge is -2.26. The molecule has 4 heteroatoms. The van der Waals surface area contributed by atoms with Gasteiger partial charge in [0.1, 0.15) is 17.3 Å². The maximum atomic E-state index is 14.0. The lowest BCUT2D eigenvalue weighted by molar-refractivity contribution is -0.142. The third-order valence-corrected chi connectivity index (χ3v) is 5.68. The maximum absolute atomic E-state index is 14.0. The van der Waals surface area contributed by atoms with E-state index in [4.69, 9.17) is 9.47 Å². The molecule has 29 heavy (non-hydrogen) atoms. The monoisotopic (exact) mass is 392 g/mol. The van der Waals surface area contributed by atoms with E-state index in [0.717, 1.165) is 33.4 Å². The summed E-state index contributed by atoms with van der Waals surface area (Å²) in [6, 6.07) is 12.5. The highest BCUT2D eigenvalue weighted by Gasteiger charge is 2.40. The Bertz CT molecular complexity index is 1150. The molecule has 3 aromatic carbocycles. The average Bonchev–Trinajstić information content (AvgIpc) is 2.87. The summed E-state index contributed by atoms with van der Waals surface area (Å²) in [6.07, 6.45) is 0. The van der Waals surface area contributed by atoms with Crippen LogP contribution in [0.3, 0.4) is 0 Å². The van der Waals surface area contributed by atoms with Gasteiger partial charge in [-0.3, -0.25) is 4.79 Å². The molecular formula is C25H25FO3. The number of ether oxygens (including phenoxy) is 2. The fourth-order valence-electron chi connectivity index (χ4n) is 4.07. The molecule has 3 aromatic rings. The van der Waals surface area contributed by atoms with Crippen LogP contribution < -0.4 is 9.47 Å². The molecule has 3 nitrogen and oxygen atoms in total. The van der Waals surface area contributed by atoms with Crippen LogP contribution in [0.25, 0.3) is 21.9 Å². The molecule has 0 aliphatic heterocycles. The van der Waals surface area contributed by atoms with Crippen molar-refractivity contribution < 1.29 is 18.7 Å². The molecule has 0 saturated carbocycles. The van der Waals surface area contributed by atoms with Crippen LogP contribution >= 0.6 is 0 Å². The van der Waals surface area contributed by atoms with Crippen LogP contribution in [0.5, 0.6) is 11.5 Å². The van der Waals surface area contributed by atoms with E-state index in [9.17, 15) is 9.18 Å². The van der Waals surface area contributed by atoms with Crippen molar-refractivity contribution >= 4 is 16.7 Å². The fourth-order valence-corrected chi connectivity index (χ4v) is 4.07. The van der Waals surface area contributed by atoms with Crippen molar-refractivity contribution in [2.45, 2.75) is 40.0 Å². The first kappa shape index (κ1) is 19.4. The molecule has 0 fully saturated rings. The normalized spacial score (nSPS) is 14.4. The van der Waals surface area contributed by atoms with Gasteiger partial charge in [0.2, 0.25) is 0 Å². The number of esters is 1. The number of fused-ring (bicyclic) bond motifs is 4. The van der Waals surface area contributed by atoms with E-state index in [-0.39, 0.29) is 11.8 Å². The molecule has 0 aromatic heterocycles. The molecular weight excluding hydrogens is 367 g/mol. The Hall–Kier alpha value is -2.88. The Morgan fingerprint density at radius 3 is 2.38 bits per heavy atom. The third-order valence-electron chi connectivity index (χ3n) is 5.68. The standard InChI is InChI=1S/C25H25FO3/c1-24(2,3)23(27)29-22-17-9-7-15(26)11-14(17)12-19-18-10-8-16(28-6)13-20(18)25(4,5)21(19)22/h7-13H,1-6H3. The minimum Gasteiger partial charge on any atom is -0.497 e. The average molecular weight is 392 g/mol. The zero-order valence-electron chi connectivity index (χ0n) is 17.6. The van der Waals surface area contributed by atoms with Gasteiger partial charge in [0, 0.05) is 16.4 Å². The Labute approximate surface area is 170 Å². The molecule has 0 N–H and O–H groups in total. The molecule has 0 spiro atoms. The lowest BCUT2D eigenvalue weighted by Crippen LogP contribution is -2.27. The van der Waals surface area contributed by atoms with E-state index in [1.165, 1.54) is 12.1 Å². The third kappa shape index (κ3) is 2.98. The summed E-state index contributed by atoms with van der Waals surface area (Å²) in [5.74, 6) is 0.643. The predicted octanol–water partition coefficient (Wildman–Crippen LogP) is 6.25. The molecule has 0 atom stereocenters. The van der Waals surface area contributed by atoms with Crippen molar-refractivity contribution in [3.05, 3.63) is 59.4 Å².